The van der Waals surface area contributed by atoms with Gasteiger partial charge in [0.25, 0.3) is 5.56 Å². The predicted octanol–water partition coefficient (Wildman–Crippen LogP) is 2.15. The van der Waals surface area contributed by atoms with Crippen molar-refractivity contribution in [1.29, 1.82) is 0 Å². The summed E-state index contributed by atoms with van der Waals surface area (Å²) in [6.45, 7) is 2.54. The van der Waals surface area contributed by atoms with Gasteiger partial charge in [0.05, 0.1) is 37.7 Å². The Morgan fingerprint density at radius 2 is 1.80 bits per heavy atom. The third-order valence-electron chi connectivity index (χ3n) is 6.50. The Hall–Kier alpha value is -3.88. The highest BCUT2D eigenvalue weighted by Gasteiger charge is 2.27. The van der Waals surface area contributed by atoms with Crippen LogP contribution in [-0.2, 0) is 22.6 Å². The molecule has 0 bridgehead atoms. The fraction of sp³-hybridized carbons (Fsp3) is 0.385. The SMILES string of the molecule is COc1ccc(Cn2c(=O)c3cc(CCC(C)=O)ccc3n(C3CCN(C=O)C3)c2=O)cc1OC. The number of benzene rings is 2. The van der Waals surface area contributed by atoms with Crippen molar-refractivity contribution in [2.45, 2.75) is 38.8 Å². The van der Waals surface area contributed by atoms with Crippen LogP contribution in [0.5, 0.6) is 11.5 Å². The Balaban J connectivity index is 1.87. The number of carbonyl (C=O) groups is 2. The van der Waals surface area contributed by atoms with Gasteiger partial charge >= 0.3 is 5.69 Å². The summed E-state index contributed by atoms with van der Waals surface area (Å²) in [5.74, 6) is 1.12. The van der Waals surface area contributed by atoms with Gasteiger partial charge in [0.15, 0.2) is 11.5 Å². The Kier molecular flexibility index (Phi) is 7.04. The number of methoxy groups -OCH3 is 2. The maximum Gasteiger partial charge on any atom is 0.332 e. The van der Waals surface area contributed by atoms with Crippen LogP contribution in [0.1, 0.15) is 36.9 Å². The lowest BCUT2D eigenvalue weighted by atomic mass is 10.1. The molecule has 4 rings (SSSR count). The monoisotopic (exact) mass is 479 g/mol. The fourth-order valence-electron chi connectivity index (χ4n) is 4.63. The average molecular weight is 480 g/mol. The Labute approximate surface area is 202 Å². The van der Waals surface area contributed by atoms with Crippen molar-refractivity contribution >= 4 is 23.1 Å². The van der Waals surface area contributed by atoms with Crippen LogP contribution in [0.4, 0.5) is 0 Å². The molecule has 1 aromatic heterocycles. The van der Waals surface area contributed by atoms with E-state index < -0.39 is 11.2 Å². The first-order chi connectivity index (χ1) is 16.9. The summed E-state index contributed by atoms with van der Waals surface area (Å²) in [7, 11) is 3.07. The van der Waals surface area contributed by atoms with E-state index in [2.05, 4.69) is 0 Å². The molecule has 1 saturated heterocycles. The number of amides is 1. The largest absolute Gasteiger partial charge is 0.493 e. The molecule has 184 valence electrons. The highest BCUT2D eigenvalue weighted by molar-refractivity contribution is 5.80. The molecule has 0 N–H and O–H groups in total. The van der Waals surface area contributed by atoms with Crippen molar-refractivity contribution in [2.24, 2.45) is 0 Å². The van der Waals surface area contributed by atoms with Gasteiger partial charge in [-0.2, -0.15) is 0 Å². The number of aryl methyl sites for hydroxylation is 1. The second kappa shape index (κ2) is 10.2. The number of nitrogens with zero attached hydrogens (tertiary/aromatic N) is 3. The third-order valence-corrected chi connectivity index (χ3v) is 6.50. The molecular weight excluding hydrogens is 450 g/mol. The standard InChI is InChI=1S/C26H29N3O6/c1-17(31)4-5-18-6-8-22-21(12-18)25(32)28(14-19-7-9-23(34-2)24(13-19)35-3)26(33)29(22)20-10-11-27(15-20)16-30/h6-9,12-13,16,20H,4-5,10-11,14-15H2,1-3H3. The number of hydrogen-bond acceptors (Lipinski definition) is 6. The summed E-state index contributed by atoms with van der Waals surface area (Å²) in [6.07, 6.45) is 2.30. The number of hydrogen-bond donors (Lipinski definition) is 0. The van der Waals surface area contributed by atoms with Crippen LogP contribution in [0.3, 0.4) is 0 Å². The van der Waals surface area contributed by atoms with Crippen LogP contribution in [0.15, 0.2) is 46.0 Å². The molecule has 1 fully saturated rings. The molecule has 2 aromatic carbocycles. The summed E-state index contributed by atoms with van der Waals surface area (Å²) >= 11 is 0. The lowest BCUT2D eigenvalue weighted by Gasteiger charge is -2.20. The van der Waals surface area contributed by atoms with Gasteiger partial charge < -0.3 is 19.2 Å². The molecule has 1 amide bonds. The van der Waals surface area contributed by atoms with E-state index in [-0.39, 0.29) is 18.4 Å². The van der Waals surface area contributed by atoms with E-state index in [4.69, 9.17) is 9.47 Å². The van der Waals surface area contributed by atoms with Gasteiger partial charge in [-0.3, -0.25) is 18.7 Å². The topological polar surface area (TPSA) is 99.8 Å². The lowest BCUT2D eigenvalue weighted by molar-refractivity contribution is -0.117. The van der Waals surface area contributed by atoms with E-state index in [1.165, 1.54) is 25.7 Å². The Morgan fingerprint density at radius 1 is 1.06 bits per heavy atom. The van der Waals surface area contributed by atoms with Crippen molar-refractivity contribution < 1.29 is 19.1 Å². The number of likely N-dealkylation sites (tertiary alicyclic amines) is 1. The smallest absolute Gasteiger partial charge is 0.332 e. The average Bonchev–Trinajstić information content (AvgIpc) is 3.34. The number of carbonyl (C=O) groups excluding carboxylic acids is 2. The molecule has 0 saturated carbocycles. The highest BCUT2D eigenvalue weighted by atomic mass is 16.5. The Bertz CT molecular complexity index is 1390. The van der Waals surface area contributed by atoms with E-state index >= 15 is 0 Å². The minimum Gasteiger partial charge on any atom is -0.493 e. The quantitative estimate of drug-likeness (QED) is 0.436. The van der Waals surface area contributed by atoms with Gasteiger partial charge in [0.1, 0.15) is 5.78 Å². The molecular formula is C26H29N3O6. The molecule has 0 radical (unpaired) electrons. The van der Waals surface area contributed by atoms with Crippen LogP contribution in [-0.4, -0.2) is 53.5 Å². The van der Waals surface area contributed by atoms with Gasteiger partial charge in [-0.1, -0.05) is 12.1 Å². The normalized spacial score (nSPS) is 15.4. The molecule has 9 heteroatoms. The number of rotatable bonds is 9. The molecule has 3 aromatic rings. The van der Waals surface area contributed by atoms with Gasteiger partial charge in [0, 0.05) is 19.5 Å². The van der Waals surface area contributed by atoms with Crippen LogP contribution in [0.25, 0.3) is 10.9 Å². The zero-order valence-corrected chi connectivity index (χ0v) is 20.2. The maximum absolute atomic E-state index is 13.7. The van der Waals surface area contributed by atoms with Gasteiger partial charge in [-0.05, 0) is 55.2 Å². The summed E-state index contributed by atoms with van der Waals surface area (Å²) < 4.78 is 13.5. The van der Waals surface area contributed by atoms with Crippen LogP contribution in [0, 0.1) is 0 Å². The van der Waals surface area contributed by atoms with Gasteiger partial charge in [-0.25, -0.2) is 4.79 Å². The first-order valence-electron chi connectivity index (χ1n) is 11.5. The molecule has 1 unspecified atom stereocenters. The highest BCUT2D eigenvalue weighted by Crippen LogP contribution is 2.28. The first-order valence-corrected chi connectivity index (χ1v) is 11.5. The summed E-state index contributed by atoms with van der Waals surface area (Å²) in [5.41, 5.74) is 1.28. The molecule has 2 heterocycles. The molecule has 9 nitrogen and oxygen atoms in total. The second-order valence-electron chi connectivity index (χ2n) is 8.83. The first kappa shape index (κ1) is 24.3. The third kappa shape index (κ3) is 4.84. The van der Waals surface area contributed by atoms with E-state index in [1.54, 1.807) is 39.8 Å². The molecule has 1 atom stereocenters. The van der Waals surface area contributed by atoms with Crippen molar-refractivity contribution in [3.63, 3.8) is 0 Å². The fourth-order valence-corrected chi connectivity index (χ4v) is 4.63. The van der Waals surface area contributed by atoms with E-state index in [9.17, 15) is 19.2 Å². The predicted molar refractivity (Wildman–Crippen MR) is 131 cm³/mol. The molecule has 0 aliphatic carbocycles. The summed E-state index contributed by atoms with van der Waals surface area (Å²) in [5, 5.41) is 0.413. The van der Waals surface area contributed by atoms with E-state index in [1.807, 2.05) is 6.07 Å². The lowest BCUT2D eigenvalue weighted by Crippen LogP contribution is -2.42. The Morgan fingerprint density at radius 3 is 2.46 bits per heavy atom. The number of ketones is 1. The van der Waals surface area contributed by atoms with Crippen LogP contribution < -0.4 is 20.7 Å². The number of aromatic nitrogens is 2. The number of ether oxygens (including phenoxy) is 2. The van der Waals surface area contributed by atoms with Gasteiger partial charge in [-0.15, -0.1) is 0 Å². The zero-order chi connectivity index (χ0) is 25.1. The summed E-state index contributed by atoms with van der Waals surface area (Å²) in [4.78, 5) is 51.7. The second-order valence-corrected chi connectivity index (χ2v) is 8.83. The van der Waals surface area contributed by atoms with Crippen molar-refractivity contribution in [1.82, 2.24) is 14.0 Å². The van der Waals surface area contributed by atoms with Crippen molar-refractivity contribution in [2.75, 3.05) is 27.3 Å². The van der Waals surface area contributed by atoms with E-state index in [0.717, 1.165) is 12.0 Å². The molecule has 35 heavy (non-hydrogen) atoms. The minimum absolute atomic E-state index is 0.0513. The van der Waals surface area contributed by atoms with E-state index in [0.29, 0.717) is 60.3 Å². The maximum atomic E-state index is 13.7. The van der Waals surface area contributed by atoms with Crippen molar-refractivity contribution in [3.05, 3.63) is 68.4 Å². The van der Waals surface area contributed by atoms with Crippen molar-refractivity contribution in [3.8, 4) is 11.5 Å². The zero-order valence-electron chi connectivity index (χ0n) is 20.2. The molecule has 1 aliphatic rings. The molecule has 1 aliphatic heterocycles. The molecule has 0 spiro atoms. The number of Topliss-reactive ketones (excluding diaryl/α,β-unsaturated/α-hetero) is 1. The van der Waals surface area contributed by atoms with Crippen LogP contribution in [0.2, 0.25) is 0 Å². The van der Waals surface area contributed by atoms with Crippen LogP contribution >= 0.6 is 0 Å². The summed E-state index contributed by atoms with van der Waals surface area (Å²) in [6, 6.07) is 10.4. The number of fused-ring (bicyclic) bond motifs is 1. The minimum atomic E-state index is -0.425. The van der Waals surface area contributed by atoms with Gasteiger partial charge in [0.2, 0.25) is 6.41 Å².